The Balaban J connectivity index is 1.74. The zero-order valence-electron chi connectivity index (χ0n) is 12.7. The average molecular weight is 324 g/mol. The predicted octanol–water partition coefficient (Wildman–Crippen LogP) is 4.33. The van der Waals surface area contributed by atoms with E-state index in [-0.39, 0.29) is 5.91 Å². The van der Waals surface area contributed by atoms with Crippen LogP contribution in [0.4, 0.5) is 5.69 Å². The lowest BCUT2D eigenvalue weighted by atomic mass is 10.3. The number of furan rings is 1. The number of anilines is 1. The van der Waals surface area contributed by atoms with Gasteiger partial charge in [-0.1, -0.05) is 24.3 Å². The predicted molar refractivity (Wildman–Crippen MR) is 95.3 cm³/mol. The molecule has 0 unspecified atom stereocenters. The summed E-state index contributed by atoms with van der Waals surface area (Å²) in [5.74, 6) is 0.543. The van der Waals surface area contributed by atoms with Crippen LogP contribution >= 0.6 is 11.8 Å². The Morgan fingerprint density at radius 1 is 1.22 bits per heavy atom. The molecular weight excluding hydrogens is 308 g/mol. The van der Waals surface area contributed by atoms with Gasteiger partial charge < -0.3 is 9.32 Å². The van der Waals surface area contributed by atoms with Crippen molar-refractivity contribution < 1.29 is 9.21 Å². The van der Waals surface area contributed by atoms with Crippen molar-refractivity contribution in [3.63, 3.8) is 0 Å². The van der Waals surface area contributed by atoms with Crippen molar-refractivity contribution in [2.75, 3.05) is 11.4 Å². The number of amides is 1. The van der Waals surface area contributed by atoms with E-state index < -0.39 is 0 Å². The SMILES string of the molecule is CCN(C1=NC(=O)/C(=C/C=C/c2ccco2)S1)c1ccccc1. The van der Waals surface area contributed by atoms with Gasteiger partial charge in [-0.15, -0.1) is 0 Å². The first-order valence-electron chi connectivity index (χ1n) is 7.33. The molecule has 2 heterocycles. The normalized spacial score (nSPS) is 16.3. The van der Waals surface area contributed by atoms with Crippen LogP contribution in [0.3, 0.4) is 0 Å². The minimum absolute atomic E-state index is 0.205. The lowest BCUT2D eigenvalue weighted by molar-refractivity contribution is -0.113. The van der Waals surface area contributed by atoms with E-state index in [1.165, 1.54) is 11.8 Å². The molecule has 3 rings (SSSR count). The van der Waals surface area contributed by atoms with Crippen molar-refractivity contribution in [3.05, 3.63) is 71.5 Å². The molecule has 0 saturated carbocycles. The molecule has 0 radical (unpaired) electrons. The van der Waals surface area contributed by atoms with Gasteiger partial charge in [0.05, 0.1) is 11.2 Å². The highest BCUT2D eigenvalue weighted by Crippen LogP contribution is 2.30. The van der Waals surface area contributed by atoms with Crippen LogP contribution < -0.4 is 4.90 Å². The highest BCUT2D eigenvalue weighted by Gasteiger charge is 2.25. The van der Waals surface area contributed by atoms with E-state index >= 15 is 0 Å². The van der Waals surface area contributed by atoms with E-state index in [0.717, 1.165) is 18.0 Å². The van der Waals surface area contributed by atoms with Crippen LogP contribution in [0, 0.1) is 0 Å². The van der Waals surface area contributed by atoms with Gasteiger partial charge in [0.25, 0.3) is 5.91 Å². The molecule has 116 valence electrons. The molecule has 1 aliphatic heterocycles. The van der Waals surface area contributed by atoms with Crippen LogP contribution in [0.5, 0.6) is 0 Å². The standard InChI is InChI=1S/C18H16N2O2S/c1-2-20(14-8-4-3-5-9-14)18-19-17(21)16(23-18)12-6-10-15-11-7-13-22-15/h3-13H,2H2,1H3/b10-6+,16-12-. The Kier molecular flexibility index (Phi) is 4.78. The average Bonchev–Trinajstić information content (AvgIpc) is 3.20. The van der Waals surface area contributed by atoms with Gasteiger partial charge in [0.2, 0.25) is 0 Å². The first-order valence-corrected chi connectivity index (χ1v) is 8.15. The van der Waals surface area contributed by atoms with E-state index in [2.05, 4.69) is 4.99 Å². The first kappa shape index (κ1) is 15.4. The fraction of sp³-hybridized carbons (Fsp3) is 0.111. The molecule has 1 aliphatic rings. The summed E-state index contributed by atoms with van der Waals surface area (Å²) in [6.07, 6.45) is 7.00. The largest absolute Gasteiger partial charge is 0.465 e. The van der Waals surface area contributed by atoms with Crippen molar-refractivity contribution in [3.8, 4) is 0 Å². The summed E-state index contributed by atoms with van der Waals surface area (Å²) < 4.78 is 5.21. The summed E-state index contributed by atoms with van der Waals surface area (Å²) in [4.78, 5) is 18.9. The van der Waals surface area contributed by atoms with Crippen molar-refractivity contribution in [1.82, 2.24) is 0 Å². The summed E-state index contributed by atoms with van der Waals surface area (Å²) in [5.41, 5.74) is 1.03. The number of aliphatic imine (C=N–C) groups is 1. The molecule has 5 heteroatoms. The molecule has 0 aliphatic carbocycles. The fourth-order valence-corrected chi connectivity index (χ4v) is 3.13. The minimum Gasteiger partial charge on any atom is -0.465 e. The molecule has 0 fully saturated rings. The third-order valence-corrected chi connectivity index (χ3v) is 4.30. The Morgan fingerprint density at radius 2 is 2.04 bits per heavy atom. The maximum Gasteiger partial charge on any atom is 0.286 e. The Morgan fingerprint density at radius 3 is 2.74 bits per heavy atom. The van der Waals surface area contributed by atoms with Gasteiger partial charge in [-0.2, -0.15) is 4.99 Å². The Labute approximate surface area is 139 Å². The maximum absolute atomic E-state index is 12.1. The van der Waals surface area contributed by atoms with Crippen molar-refractivity contribution >= 4 is 34.6 Å². The number of amidine groups is 1. The molecule has 0 atom stereocenters. The summed E-state index contributed by atoms with van der Waals surface area (Å²) >= 11 is 1.39. The number of allylic oxidation sites excluding steroid dienone is 2. The topological polar surface area (TPSA) is 45.8 Å². The second-order valence-electron chi connectivity index (χ2n) is 4.79. The monoisotopic (exact) mass is 324 g/mol. The van der Waals surface area contributed by atoms with Crippen LogP contribution in [-0.4, -0.2) is 17.6 Å². The van der Waals surface area contributed by atoms with Crippen molar-refractivity contribution in [1.29, 1.82) is 0 Å². The Hall–Kier alpha value is -2.53. The molecule has 1 amide bonds. The second kappa shape index (κ2) is 7.15. The number of carbonyl (C=O) groups is 1. The highest BCUT2D eigenvalue weighted by molar-refractivity contribution is 8.18. The molecule has 2 aromatic rings. The van der Waals surface area contributed by atoms with E-state index in [1.54, 1.807) is 18.4 Å². The molecule has 1 aromatic carbocycles. The van der Waals surface area contributed by atoms with Crippen molar-refractivity contribution in [2.24, 2.45) is 4.99 Å². The summed E-state index contributed by atoms with van der Waals surface area (Å²) in [7, 11) is 0. The van der Waals surface area contributed by atoms with Crippen LogP contribution in [0.1, 0.15) is 12.7 Å². The molecule has 0 spiro atoms. The van der Waals surface area contributed by atoms with E-state index in [4.69, 9.17) is 4.42 Å². The maximum atomic E-state index is 12.1. The molecule has 23 heavy (non-hydrogen) atoms. The minimum atomic E-state index is -0.205. The van der Waals surface area contributed by atoms with E-state index in [0.29, 0.717) is 10.1 Å². The van der Waals surface area contributed by atoms with Gasteiger partial charge in [0, 0.05) is 12.2 Å². The smallest absolute Gasteiger partial charge is 0.286 e. The van der Waals surface area contributed by atoms with Crippen LogP contribution in [0.2, 0.25) is 0 Å². The fourth-order valence-electron chi connectivity index (χ4n) is 2.18. The molecule has 4 nitrogen and oxygen atoms in total. The molecule has 0 saturated heterocycles. The summed E-state index contributed by atoms with van der Waals surface area (Å²) in [6.45, 7) is 2.79. The van der Waals surface area contributed by atoms with Crippen LogP contribution in [-0.2, 0) is 4.79 Å². The number of nitrogens with zero attached hydrogens (tertiary/aromatic N) is 2. The van der Waals surface area contributed by atoms with Gasteiger partial charge >= 0.3 is 0 Å². The Bertz CT molecular complexity index is 762. The number of hydrogen-bond acceptors (Lipinski definition) is 4. The van der Waals surface area contributed by atoms with Crippen LogP contribution in [0.25, 0.3) is 6.08 Å². The molecule has 1 aromatic heterocycles. The first-order chi connectivity index (χ1) is 11.3. The number of carbonyl (C=O) groups excluding carboxylic acids is 1. The lowest BCUT2D eigenvalue weighted by Gasteiger charge is -2.21. The third-order valence-electron chi connectivity index (χ3n) is 3.28. The second-order valence-corrected chi connectivity index (χ2v) is 5.80. The third kappa shape index (κ3) is 3.63. The quantitative estimate of drug-likeness (QED) is 0.785. The summed E-state index contributed by atoms with van der Waals surface area (Å²) in [6, 6.07) is 13.6. The number of para-hydroxylation sites is 1. The van der Waals surface area contributed by atoms with Crippen LogP contribution in [0.15, 0.2) is 75.2 Å². The number of thioether (sulfide) groups is 1. The lowest BCUT2D eigenvalue weighted by Crippen LogP contribution is -2.26. The van der Waals surface area contributed by atoms with E-state index in [9.17, 15) is 4.79 Å². The number of hydrogen-bond donors (Lipinski definition) is 0. The molecule has 0 bridgehead atoms. The van der Waals surface area contributed by atoms with Gasteiger partial charge in [-0.25, -0.2) is 0 Å². The van der Waals surface area contributed by atoms with E-state index in [1.807, 2.05) is 60.4 Å². The van der Waals surface area contributed by atoms with Gasteiger partial charge in [-0.3, -0.25) is 4.79 Å². The highest BCUT2D eigenvalue weighted by atomic mass is 32.2. The number of rotatable bonds is 4. The van der Waals surface area contributed by atoms with Gasteiger partial charge in [0.15, 0.2) is 5.17 Å². The zero-order chi connectivity index (χ0) is 16.1. The molecular formula is C18H16N2O2S. The van der Waals surface area contributed by atoms with Gasteiger partial charge in [0.1, 0.15) is 5.76 Å². The van der Waals surface area contributed by atoms with Crippen molar-refractivity contribution in [2.45, 2.75) is 6.92 Å². The number of benzene rings is 1. The molecule has 0 N–H and O–H groups in total. The summed E-state index contributed by atoms with van der Waals surface area (Å²) in [5, 5.41) is 0.710. The zero-order valence-corrected chi connectivity index (χ0v) is 13.5. The van der Waals surface area contributed by atoms with Gasteiger partial charge in [-0.05, 0) is 55.1 Å².